The van der Waals surface area contributed by atoms with Gasteiger partial charge in [0.05, 0.1) is 61.2 Å². The van der Waals surface area contributed by atoms with Gasteiger partial charge in [0.25, 0.3) is 0 Å². The molecule has 0 bridgehead atoms. The SMILES string of the molecule is CC(C)CCCC(C)CCC1(CCC(C)CCCC(C)C)Oc2cc(Br)sc2-c2sc(-c3ccc(-c4cc5c(s4)-c4sc(Br)cc4OC5(CCC(C)CCCC(C)C)CCC(C)CCCC(C)C)c4nsnc34)cc21.CC(C)CCCC(C)CCc1cc(B2OC(C)(C)C(C)(C)O2)c2ccc3c(CCC(C)CCCC(C)C)cc(B4OC(C)(C)C(C)(C)O4)c4ccc1c2c34. The molecule has 14 rings (SSSR count). The van der Waals surface area contributed by atoms with E-state index >= 15 is 0 Å². The van der Waals surface area contributed by atoms with Crippen molar-refractivity contribution in [2.45, 2.75) is 406 Å². The molecule has 6 atom stereocenters. The van der Waals surface area contributed by atoms with E-state index in [0.717, 1.165) is 141 Å². The monoisotopic (exact) mass is 1970 g/mol. The minimum absolute atomic E-state index is 0.381. The zero-order valence-electron chi connectivity index (χ0n) is 84.4. The second kappa shape index (κ2) is 44.0. The van der Waals surface area contributed by atoms with Crippen molar-refractivity contribution < 1.29 is 28.1 Å². The first-order valence-corrected chi connectivity index (χ1v) is 56.6. The summed E-state index contributed by atoms with van der Waals surface area (Å²) >= 11 is 16.7. The predicted molar refractivity (Wildman–Crippen MR) is 573 cm³/mol. The van der Waals surface area contributed by atoms with Gasteiger partial charge in [-0.1, -0.05) is 289 Å². The molecule has 8 nitrogen and oxygen atoms in total. The van der Waals surface area contributed by atoms with Crippen LogP contribution >= 0.6 is 88.9 Å². The number of ether oxygens (including phenoxy) is 2. The van der Waals surface area contributed by atoms with Crippen LogP contribution in [0, 0.1) is 71.0 Å². The average molecular weight is 1970 g/mol. The van der Waals surface area contributed by atoms with Crippen LogP contribution in [0.25, 0.3) is 83.7 Å². The number of benzene rings is 5. The molecule has 2 fully saturated rings. The van der Waals surface area contributed by atoms with Gasteiger partial charge in [0.15, 0.2) is 0 Å². The van der Waals surface area contributed by atoms with Crippen molar-refractivity contribution in [2.24, 2.45) is 71.0 Å². The molecule has 0 radical (unpaired) electrons. The maximum atomic E-state index is 7.50. The van der Waals surface area contributed by atoms with Gasteiger partial charge < -0.3 is 28.1 Å². The third kappa shape index (κ3) is 24.5. The van der Waals surface area contributed by atoms with Crippen molar-refractivity contribution in [1.82, 2.24) is 8.75 Å². The van der Waals surface area contributed by atoms with Crippen LogP contribution in [0.1, 0.15) is 382 Å². The molecule has 2 saturated heterocycles. The average Bonchev–Trinajstić information content (AvgIpc) is 1.16. The Morgan fingerprint density at radius 1 is 0.318 bits per heavy atom. The number of hydrogen-bond acceptors (Lipinski definition) is 13. The fourth-order valence-corrected chi connectivity index (χ4v) is 27.2. The summed E-state index contributed by atoms with van der Waals surface area (Å²) in [6, 6.07) is 28.6. The molecule has 0 saturated carbocycles. The van der Waals surface area contributed by atoms with Crippen LogP contribution in [0.4, 0.5) is 0 Å². The normalized spacial score (nSPS) is 19.5. The van der Waals surface area contributed by atoms with Gasteiger partial charge in [0, 0.05) is 44.1 Å². The Kier molecular flexibility index (Phi) is 35.0. The van der Waals surface area contributed by atoms with E-state index in [0.29, 0.717) is 35.5 Å². The van der Waals surface area contributed by atoms with Crippen LogP contribution in [-0.4, -0.2) is 45.4 Å². The molecule has 0 aliphatic carbocycles. The van der Waals surface area contributed by atoms with Gasteiger partial charge >= 0.3 is 14.2 Å². The molecule has 0 N–H and O–H groups in total. The van der Waals surface area contributed by atoms with Crippen LogP contribution in [0.3, 0.4) is 0 Å². The summed E-state index contributed by atoms with van der Waals surface area (Å²) in [6.07, 6.45) is 36.5. The van der Waals surface area contributed by atoms with Crippen molar-refractivity contribution in [3.63, 3.8) is 0 Å². The Morgan fingerprint density at radius 3 is 0.884 bits per heavy atom. The zero-order chi connectivity index (χ0) is 93.0. The summed E-state index contributed by atoms with van der Waals surface area (Å²) < 4.78 is 54.9. The van der Waals surface area contributed by atoms with E-state index in [9.17, 15) is 0 Å². The number of aryl methyl sites for hydroxylation is 2. The molecule has 0 amide bonds. The molecule has 129 heavy (non-hydrogen) atoms. The molecule has 5 aromatic heterocycles. The van der Waals surface area contributed by atoms with Crippen molar-refractivity contribution >= 4 is 157 Å². The van der Waals surface area contributed by atoms with Gasteiger partial charge in [-0.2, -0.15) is 8.75 Å². The highest BCUT2D eigenvalue weighted by atomic mass is 79.9. The van der Waals surface area contributed by atoms with E-state index in [-0.39, 0.29) is 11.2 Å². The molecule has 706 valence electrons. The summed E-state index contributed by atoms with van der Waals surface area (Å²) in [5.41, 5.74) is 9.80. The van der Waals surface area contributed by atoms with Crippen LogP contribution in [0.2, 0.25) is 0 Å². The molecule has 6 unspecified atom stereocenters. The highest BCUT2D eigenvalue weighted by molar-refractivity contribution is 9.11. The zero-order valence-corrected chi connectivity index (χ0v) is 91.6. The van der Waals surface area contributed by atoms with Crippen LogP contribution in [0.5, 0.6) is 11.5 Å². The first-order chi connectivity index (χ1) is 61.0. The van der Waals surface area contributed by atoms with Crippen molar-refractivity contribution in [2.75, 3.05) is 0 Å². The minimum Gasteiger partial charge on any atom is -0.481 e. The lowest BCUT2D eigenvalue weighted by atomic mass is 9.70. The lowest BCUT2D eigenvalue weighted by Gasteiger charge is -2.39. The Balaban J connectivity index is 0.000000232. The highest BCUT2D eigenvalue weighted by Gasteiger charge is 2.55. The van der Waals surface area contributed by atoms with Gasteiger partial charge in [0.2, 0.25) is 0 Å². The van der Waals surface area contributed by atoms with Crippen LogP contribution in [-0.2, 0) is 42.7 Å². The van der Waals surface area contributed by atoms with Crippen LogP contribution in [0.15, 0.2) is 80.4 Å². The number of halogens is 2. The summed E-state index contributed by atoms with van der Waals surface area (Å²) in [7, 11) is -0.869. The third-order valence-corrected chi connectivity index (χ3v) is 37.2. The van der Waals surface area contributed by atoms with E-state index in [1.165, 1.54) is 235 Å². The number of fused-ring (bicyclic) bond motifs is 7. The van der Waals surface area contributed by atoms with Gasteiger partial charge in [-0.25, -0.2) is 0 Å². The van der Waals surface area contributed by atoms with Crippen molar-refractivity contribution in [1.29, 1.82) is 0 Å². The predicted octanol–water partition coefficient (Wildman–Crippen LogP) is 36.2. The van der Waals surface area contributed by atoms with E-state index in [2.05, 4.69) is 285 Å². The van der Waals surface area contributed by atoms with Crippen molar-refractivity contribution in [3.05, 3.63) is 103 Å². The molecular weight excluding hydrogens is 1810 g/mol. The largest absolute Gasteiger partial charge is 0.495 e. The Morgan fingerprint density at radius 2 is 0.597 bits per heavy atom. The second-order valence-electron chi connectivity index (χ2n) is 45.8. The highest BCUT2D eigenvalue weighted by Crippen LogP contribution is 2.61. The smallest absolute Gasteiger partial charge is 0.481 e. The maximum absolute atomic E-state index is 7.50. The Labute approximate surface area is 819 Å². The number of thiophene rings is 4. The van der Waals surface area contributed by atoms with E-state index in [1.807, 2.05) is 45.3 Å². The topological polar surface area (TPSA) is 81.2 Å². The van der Waals surface area contributed by atoms with E-state index in [1.54, 1.807) is 0 Å². The third-order valence-electron chi connectivity index (χ3n) is 30.7. The molecule has 10 aromatic rings. The second-order valence-corrected chi connectivity index (χ2v) is 53.3. The molecule has 0 spiro atoms. The van der Waals surface area contributed by atoms with Crippen molar-refractivity contribution in [3.8, 4) is 51.9 Å². The van der Waals surface area contributed by atoms with E-state index in [4.69, 9.17) is 36.8 Å². The fourth-order valence-electron chi connectivity index (χ4n) is 20.8. The first-order valence-electron chi connectivity index (χ1n) is 51.0. The van der Waals surface area contributed by atoms with Gasteiger partial charge in [-0.15, -0.1) is 45.3 Å². The summed E-state index contributed by atoms with van der Waals surface area (Å²) in [5.74, 6) is 10.6. The minimum atomic E-state index is -0.435. The van der Waals surface area contributed by atoms with Gasteiger partial charge in [0.1, 0.15) is 33.7 Å². The van der Waals surface area contributed by atoms with E-state index < -0.39 is 36.6 Å². The molecule has 17 heteroatoms. The molecule has 9 heterocycles. The Hall–Kier alpha value is -3.71. The molecule has 5 aromatic carbocycles. The van der Waals surface area contributed by atoms with Gasteiger partial charge in [-0.05, 0) is 302 Å². The summed E-state index contributed by atoms with van der Waals surface area (Å²) in [4.78, 5) is 7.80. The quantitative estimate of drug-likeness (QED) is 0.0276. The standard InChI is InChI=1S/C64H90Br2N2O2S5.C48H72B2O4/c1-39(2)17-13-21-43(9)27-31-63(32-28-44(10)22-14-18-40(3)4)49-35-53(71-59(49)61-51(69-63)37-55(65)73-61)47-25-26-48(58-57(47)67-75-68-58)54-36-50-60(72-54)62-52(38-56(66)74-62)70-64(50,33-29-45(11)23-15-19-41(5)6)34-30-46(12)24-16-20-42(7)8;1-31(2)17-15-19-33(5)21-23-35-29-41(49-51-45(7,8)46(9,10)52-49)39-28-26-38-36(24-22-34(6)20-16-18-32(3)4)30-42(40-27-25-37(35)43(39)44(38)40)50-53-47(11,12)48(13,14)54-50/h25-26,35-46H,13-24,27-34H2,1-12H3;25-34H,15-24H2,1-14H3. The lowest BCUT2D eigenvalue weighted by molar-refractivity contribution is 0.00578. The number of hydrogen-bond donors (Lipinski definition) is 0. The van der Waals surface area contributed by atoms with Gasteiger partial charge in [-0.3, -0.25) is 0 Å². The number of nitrogens with zero attached hydrogens (tertiary/aromatic N) is 2. The summed E-state index contributed by atoms with van der Waals surface area (Å²) in [5, 5.41) is 7.85. The maximum Gasteiger partial charge on any atom is 0.495 e. The lowest BCUT2D eigenvalue weighted by Crippen LogP contribution is -2.41. The molecule has 4 aliphatic rings. The molecular formula is C112H162B2Br2N2O6S5. The fraction of sp³-hybridized carbons (Fsp3) is 0.661. The van der Waals surface area contributed by atoms with Crippen LogP contribution < -0.4 is 20.4 Å². The number of rotatable bonds is 46. The number of aromatic nitrogens is 2. The summed E-state index contributed by atoms with van der Waals surface area (Å²) in [6.45, 7) is 60.3. The first kappa shape index (κ1) is 103. The molecule has 4 aliphatic heterocycles. The Bertz CT molecular complexity index is 4910.